The first-order chi connectivity index (χ1) is 9.24. The van der Waals surface area contributed by atoms with Gasteiger partial charge in [0.25, 0.3) is 0 Å². The first-order valence-corrected chi connectivity index (χ1v) is 5.79. The predicted octanol–water partition coefficient (Wildman–Crippen LogP) is 2.96. The van der Waals surface area contributed by atoms with Crippen molar-refractivity contribution < 1.29 is 4.39 Å². The smallest absolute Gasteiger partial charge is 0.183 e. The van der Waals surface area contributed by atoms with Gasteiger partial charge in [0.2, 0.25) is 0 Å². The number of fused-ring (bicyclic) bond motifs is 1. The number of halogens is 2. The molecule has 94 valence electrons. The number of anilines is 2. The number of hydrogen-bond acceptors (Lipinski definition) is 5. The molecule has 2 heterocycles. The monoisotopic (exact) mass is 275 g/mol. The summed E-state index contributed by atoms with van der Waals surface area (Å²) in [6.07, 6.45) is 0. The SMILES string of the molecule is Fc1ccccc1Nc1nnnc2ccc(Cl)nc12. The van der Waals surface area contributed by atoms with Crippen molar-refractivity contribution in [1.29, 1.82) is 0 Å². The lowest BCUT2D eigenvalue weighted by Gasteiger charge is -2.07. The minimum absolute atomic E-state index is 0.283. The molecule has 0 saturated heterocycles. The second kappa shape index (κ2) is 4.74. The maximum absolute atomic E-state index is 13.6. The van der Waals surface area contributed by atoms with E-state index in [0.717, 1.165) is 0 Å². The van der Waals surface area contributed by atoms with Gasteiger partial charge in [-0.3, -0.25) is 0 Å². The number of para-hydroxylation sites is 1. The molecule has 0 spiro atoms. The summed E-state index contributed by atoms with van der Waals surface area (Å²) in [7, 11) is 0. The third kappa shape index (κ3) is 2.30. The fourth-order valence-corrected chi connectivity index (χ4v) is 1.77. The Morgan fingerprint density at radius 2 is 1.89 bits per heavy atom. The van der Waals surface area contributed by atoms with Crippen LogP contribution in [0.1, 0.15) is 0 Å². The van der Waals surface area contributed by atoms with Gasteiger partial charge in [-0.1, -0.05) is 23.7 Å². The van der Waals surface area contributed by atoms with Crippen LogP contribution in [0.4, 0.5) is 15.9 Å². The van der Waals surface area contributed by atoms with E-state index in [1.165, 1.54) is 6.07 Å². The highest BCUT2D eigenvalue weighted by Crippen LogP contribution is 2.23. The first-order valence-electron chi connectivity index (χ1n) is 5.41. The molecule has 1 N–H and O–H groups in total. The summed E-state index contributed by atoms with van der Waals surface area (Å²) in [5.74, 6) is -0.0890. The van der Waals surface area contributed by atoms with Crippen LogP contribution in [0.15, 0.2) is 36.4 Å². The Hall–Kier alpha value is -2.34. The van der Waals surface area contributed by atoms with E-state index in [9.17, 15) is 4.39 Å². The fourth-order valence-electron chi connectivity index (χ4n) is 1.62. The Bertz CT molecular complexity index is 749. The predicted molar refractivity (Wildman–Crippen MR) is 69.8 cm³/mol. The Morgan fingerprint density at radius 1 is 1.05 bits per heavy atom. The van der Waals surface area contributed by atoms with Crippen molar-refractivity contribution >= 4 is 34.1 Å². The molecule has 0 atom stereocenters. The summed E-state index contributed by atoms with van der Waals surface area (Å²) in [6, 6.07) is 9.53. The van der Waals surface area contributed by atoms with Gasteiger partial charge in [0.05, 0.1) is 5.69 Å². The van der Waals surface area contributed by atoms with Crippen LogP contribution in [0.25, 0.3) is 11.0 Å². The number of rotatable bonds is 2. The van der Waals surface area contributed by atoms with Gasteiger partial charge < -0.3 is 5.32 Å². The van der Waals surface area contributed by atoms with E-state index in [2.05, 4.69) is 25.7 Å². The molecular formula is C12H7ClFN5. The maximum Gasteiger partial charge on any atom is 0.183 e. The average Bonchev–Trinajstić information content (AvgIpc) is 2.42. The molecule has 7 heteroatoms. The van der Waals surface area contributed by atoms with Crippen LogP contribution in [-0.2, 0) is 0 Å². The third-order valence-electron chi connectivity index (χ3n) is 2.49. The molecule has 2 aromatic heterocycles. The van der Waals surface area contributed by atoms with E-state index >= 15 is 0 Å². The Morgan fingerprint density at radius 3 is 2.74 bits per heavy atom. The minimum atomic E-state index is -0.392. The molecule has 0 aliphatic rings. The molecule has 0 aliphatic heterocycles. The summed E-state index contributed by atoms with van der Waals surface area (Å²) in [5.41, 5.74) is 1.25. The average molecular weight is 276 g/mol. The number of nitrogens with one attached hydrogen (secondary N) is 1. The highest BCUT2D eigenvalue weighted by Gasteiger charge is 2.09. The molecule has 3 aromatic rings. The second-order valence-electron chi connectivity index (χ2n) is 3.74. The van der Waals surface area contributed by atoms with Gasteiger partial charge in [0, 0.05) is 0 Å². The maximum atomic E-state index is 13.6. The van der Waals surface area contributed by atoms with Gasteiger partial charge >= 0.3 is 0 Å². The normalized spacial score (nSPS) is 10.6. The molecule has 0 aliphatic carbocycles. The van der Waals surface area contributed by atoms with Gasteiger partial charge in [-0.15, -0.1) is 10.2 Å². The molecule has 0 bridgehead atoms. The van der Waals surface area contributed by atoms with Crippen molar-refractivity contribution in [2.45, 2.75) is 0 Å². The lowest BCUT2D eigenvalue weighted by Crippen LogP contribution is -2.01. The summed E-state index contributed by atoms with van der Waals surface area (Å²) in [5, 5.41) is 14.4. The number of hydrogen-bond donors (Lipinski definition) is 1. The Balaban J connectivity index is 2.10. The van der Waals surface area contributed by atoms with E-state index in [1.54, 1.807) is 30.3 Å². The zero-order chi connectivity index (χ0) is 13.2. The van der Waals surface area contributed by atoms with Gasteiger partial charge in [0.1, 0.15) is 22.0 Å². The van der Waals surface area contributed by atoms with E-state index < -0.39 is 5.82 Å². The highest BCUT2D eigenvalue weighted by atomic mass is 35.5. The quantitative estimate of drug-likeness (QED) is 0.729. The molecule has 0 saturated carbocycles. The zero-order valence-corrected chi connectivity index (χ0v) is 10.3. The third-order valence-corrected chi connectivity index (χ3v) is 2.70. The van der Waals surface area contributed by atoms with Crippen LogP contribution in [-0.4, -0.2) is 20.4 Å². The Labute approximate surface area is 112 Å². The van der Waals surface area contributed by atoms with Crippen LogP contribution in [0.5, 0.6) is 0 Å². The second-order valence-corrected chi connectivity index (χ2v) is 4.13. The first kappa shape index (κ1) is 11.7. The van der Waals surface area contributed by atoms with Crippen molar-refractivity contribution in [1.82, 2.24) is 20.4 Å². The summed E-state index contributed by atoms with van der Waals surface area (Å²) in [4.78, 5) is 4.12. The van der Waals surface area contributed by atoms with Crippen LogP contribution < -0.4 is 5.32 Å². The van der Waals surface area contributed by atoms with Crippen LogP contribution in [0.3, 0.4) is 0 Å². The van der Waals surface area contributed by atoms with E-state index in [0.29, 0.717) is 22.0 Å². The molecule has 3 rings (SSSR count). The highest BCUT2D eigenvalue weighted by molar-refractivity contribution is 6.29. The van der Waals surface area contributed by atoms with E-state index in [1.807, 2.05) is 0 Å². The summed E-state index contributed by atoms with van der Waals surface area (Å²) < 4.78 is 13.6. The summed E-state index contributed by atoms with van der Waals surface area (Å²) in [6.45, 7) is 0. The van der Waals surface area contributed by atoms with Crippen LogP contribution >= 0.6 is 11.6 Å². The standard InChI is InChI=1S/C12H7ClFN5/c13-10-6-5-9-11(16-10)12(18-19-17-9)15-8-4-2-1-3-7(8)14/h1-6H,(H,15,17,18). The molecular weight excluding hydrogens is 269 g/mol. The molecule has 0 fully saturated rings. The molecule has 0 amide bonds. The molecule has 5 nitrogen and oxygen atoms in total. The number of benzene rings is 1. The van der Waals surface area contributed by atoms with Crippen molar-refractivity contribution in [3.8, 4) is 0 Å². The van der Waals surface area contributed by atoms with E-state index in [-0.39, 0.29) is 5.69 Å². The lowest BCUT2D eigenvalue weighted by molar-refractivity contribution is 0.631. The number of nitrogens with zero attached hydrogens (tertiary/aromatic N) is 4. The van der Waals surface area contributed by atoms with E-state index in [4.69, 9.17) is 11.6 Å². The van der Waals surface area contributed by atoms with Crippen LogP contribution in [0.2, 0.25) is 5.15 Å². The van der Waals surface area contributed by atoms with Gasteiger partial charge in [-0.2, -0.15) is 0 Å². The van der Waals surface area contributed by atoms with Gasteiger partial charge in [-0.05, 0) is 29.5 Å². The largest absolute Gasteiger partial charge is 0.334 e. The van der Waals surface area contributed by atoms with Crippen molar-refractivity contribution in [2.75, 3.05) is 5.32 Å². The Kier molecular flexibility index (Phi) is 2.92. The van der Waals surface area contributed by atoms with Gasteiger partial charge in [0.15, 0.2) is 5.82 Å². The molecule has 19 heavy (non-hydrogen) atoms. The number of pyridine rings is 1. The number of aromatic nitrogens is 4. The van der Waals surface area contributed by atoms with Gasteiger partial charge in [-0.25, -0.2) is 9.37 Å². The van der Waals surface area contributed by atoms with Crippen LogP contribution in [0, 0.1) is 5.82 Å². The lowest BCUT2D eigenvalue weighted by atomic mass is 10.3. The zero-order valence-electron chi connectivity index (χ0n) is 9.51. The van der Waals surface area contributed by atoms with Crippen molar-refractivity contribution in [2.24, 2.45) is 0 Å². The molecule has 0 radical (unpaired) electrons. The summed E-state index contributed by atoms with van der Waals surface area (Å²) >= 11 is 5.84. The molecule has 1 aromatic carbocycles. The molecule has 0 unspecified atom stereocenters. The van der Waals surface area contributed by atoms with Crippen molar-refractivity contribution in [3.63, 3.8) is 0 Å². The fraction of sp³-hybridized carbons (Fsp3) is 0. The topological polar surface area (TPSA) is 63.6 Å². The minimum Gasteiger partial charge on any atom is -0.334 e. The van der Waals surface area contributed by atoms with Crippen molar-refractivity contribution in [3.05, 3.63) is 47.4 Å².